The summed E-state index contributed by atoms with van der Waals surface area (Å²) in [5, 5.41) is 9.17. The first-order valence-corrected chi connectivity index (χ1v) is 11.7. The molecule has 0 aliphatic rings. The van der Waals surface area contributed by atoms with Crippen molar-refractivity contribution >= 4 is 78.4 Å². The van der Waals surface area contributed by atoms with Crippen LogP contribution in [0.3, 0.4) is 0 Å². The molecule has 0 fully saturated rings. The van der Waals surface area contributed by atoms with Crippen molar-refractivity contribution in [3.63, 3.8) is 0 Å². The molecule has 0 bridgehead atoms. The fourth-order valence-electron chi connectivity index (χ4n) is 1.07. The summed E-state index contributed by atoms with van der Waals surface area (Å²) in [5.74, 6) is -0.418. The van der Waals surface area contributed by atoms with E-state index in [-0.39, 0.29) is 6.54 Å². The Kier molecular flexibility index (Phi) is 8.77. The van der Waals surface area contributed by atoms with E-state index >= 15 is 0 Å². The third-order valence-corrected chi connectivity index (χ3v) is 8.70. The van der Waals surface area contributed by atoms with Crippen molar-refractivity contribution in [3.05, 3.63) is 0 Å². The van der Waals surface area contributed by atoms with Gasteiger partial charge in [-0.05, 0) is 25.8 Å². The van der Waals surface area contributed by atoms with E-state index in [1.54, 1.807) is 6.07 Å². The second-order valence-electron chi connectivity index (χ2n) is 4.88. The van der Waals surface area contributed by atoms with E-state index in [1.807, 2.05) is 0 Å². The first-order valence-electron chi connectivity index (χ1n) is 5.79. The molecule has 0 saturated heterocycles. The Balaban J connectivity index is 5.49. The maximum Gasteiger partial charge on any atom is 0.290 e. The number of alkyl halides is 4. The molecule has 0 aliphatic carbocycles. The Bertz CT molecular complexity index is 658. The number of rotatable bonds is 9. The fraction of sp³-hybridized carbons (Fsp3) is 0.889. The average molecular weight is 467 g/mol. The molecule has 0 aromatic carbocycles. The maximum atomic E-state index is 12.4. The highest BCUT2D eigenvalue weighted by Crippen LogP contribution is 2.47. The van der Waals surface area contributed by atoms with Gasteiger partial charge in [0.2, 0.25) is 3.67 Å². The fourth-order valence-corrected chi connectivity index (χ4v) is 5.16. The van der Waals surface area contributed by atoms with Crippen LogP contribution in [0.15, 0.2) is 0 Å². The zero-order valence-electron chi connectivity index (χ0n) is 12.3. The van der Waals surface area contributed by atoms with Gasteiger partial charge in [-0.2, -0.15) is 13.7 Å². The quantitative estimate of drug-likeness (QED) is 0.411. The molecule has 0 heterocycles. The SMILES string of the molecule is CC(C)(C#N)N(SC(Cl)(Cl)C(Cl)Cl)S(=O)(=O)NCCS(C)(=O)=O. The van der Waals surface area contributed by atoms with E-state index < -0.39 is 39.8 Å². The molecule has 0 unspecified atom stereocenters. The van der Waals surface area contributed by atoms with Crippen LogP contribution in [0.2, 0.25) is 0 Å². The second-order valence-corrected chi connectivity index (χ2v) is 13.1. The van der Waals surface area contributed by atoms with Crippen LogP contribution in [-0.4, -0.2) is 53.1 Å². The summed E-state index contributed by atoms with van der Waals surface area (Å²) in [6.07, 6.45) is 0.959. The minimum Gasteiger partial charge on any atom is -0.229 e. The van der Waals surface area contributed by atoms with Crippen molar-refractivity contribution in [2.75, 3.05) is 18.6 Å². The molecule has 0 aromatic rings. The highest BCUT2D eigenvalue weighted by atomic mass is 35.5. The van der Waals surface area contributed by atoms with Crippen LogP contribution in [0.1, 0.15) is 13.8 Å². The summed E-state index contributed by atoms with van der Waals surface area (Å²) in [7, 11) is -7.68. The van der Waals surface area contributed by atoms with Crippen molar-refractivity contribution < 1.29 is 16.8 Å². The first-order chi connectivity index (χ1) is 10.1. The number of nitriles is 1. The molecular weight excluding hydrogens is 452 g/mol. The zero-order chi connectivity index (χ0) is 18.7. The van der Waals surface area contributed by atoms with Crippen LogP contribution in [0.5, 0.6) is 0 Å². The lowest BCUT2D eigenvalue weighted by Crippen LogP contribution is -2.50. The monoisotopic (exact) mass is 465 g/mol. The molecule has 0 rings (SSSR count). The van der Waals surface area contributed by atoms with Crippen LogP contribution in [0.4, 0.5) is 0 Å². The molecule has 7 nitrogen and oxygen atoms in total. The predicted octanol–water partition coefficient (Wildman–Crippen LogP) is 2.05. The van der Waals surface area contributed by atoms with Gasteiger partial charge in [0.1, 0.15) is 15.4 Å². The third-order valence-electron chi connectivity index (χ3n) is 2.16. The highest BCUT2D eigenvalue weighted by Gasteiger charge is 2.46. The average Bonchev–Trinajstić information content (AvgIpc) is 2.33. The smallest absolute Gasteiger partial charge is 0.229 e. The van der Waals surface area contributed by atoms with Gasteiger partial charge < -0.3 is 0 Å². The van der Waals surface area contributed by atoms with E-state index in [0.717, 1.165) is 6.26 Å². The Morgan fingerprint density at radius 1 is 1.26 bits per heavy atom. The summed E-state index contributed by atoms with van der Waals surface area (Å²) >= 11 is 23.3. The first kappa shape index (κ1) is 23.8. The summed E-state index contributed by atoms with van der Waals surface area (Å²) in [6, 6.07) is 1.78. The molecule has 0 spiro atoms. The number of sulfone groups is 1. The van der Waals surface area contributed by atoms with Crippen molar-refractivity contribution in [2.24, 2.45) is 0 Å². The van der Waals surface area contributed by atoms with E-state index in [2.05, 4.69) is 4.72 Å². The van der Waals surface area contributed by atoms with Crippen LogP contribution < -0.4 is 4.72 Å². The number of hydrogen-bond acceptors (Lipinski definition) is 6. The molecule has 0 saturated carbocycles. The van der Waals surface area contributed by atoms with Crippen LogP contribution >= 0.6 is 58.4 Å². The van der Waals surface area contributed by atoms with Gasteiger partial charge in [0.05, 0.1) is 11.8 Å². The van der Waals surface area contributed by atoms with Crippen molar-refractivity contribution in [2.45, 2.75) is 27.9 Å². The van der Waals surface area contributed by atoms with Crippen LogP contribution in [-0.2, 0) is 20.0 Å². The molecule has 0 atom stereocenters. The lowest BCUT2D eigenvalue weighted by Gasteiger charge is -2.34. The van der Waals surface area contributed by atoms with Gasteiger partial charge in [-0.3, -0.25) is 0 Å². The van der Waals surface area contributed by atoms with Crippen molar-refractivity contribution in [1.29, 1.82) is 5.26 Å². The molecule has 136 valence electrons. The maximum absolute atomic E-state index is 12.4. The standard InChI is InChI=1S/C9H15Cl4N3O4S3/c1-8(2,6-14)16(21-9(12,13)7(10)11)23(19,20)15-4-5-22(3,17)18/h7,15H,4-5H2,1-3H3. The van der Waals surface area contributed by atoms with Crippen molar-refractivity contribution in [1.82, 2.24) is 8.43 Å². The van der Waals surface area contributed by atoms with Crippen molar-refractivity contribution in [3.8, 4) is 6.07 Å². The van der Waals surface area contributed by atoms with E-state index in [9.17, 15) is 22.1 Å². The lowest BCUT2D eigenvalue weighted by molar-refractivity contribution is 0.423. The van der Waals surface area contributed by atoms with Gasteiger partial charge in [0, 0.05) is 12.8 Å². The van der Waals surface area contributed by atoms with Crippen LogP contribution in [0, 0.1) is 11.3 Å². The molecule has 1 N–H and O–H groups in total. The topological polar surface area (TPSA) is 107 Å². The Labute approximate surface area is 160 Å². The zero-order valence-corrected chi connectivity index (χ0v) is 17.7. The summed E-state index contributed by atoms with van der Waals surface area (Å²) in [5.41, 5.74) is -1.57. The van der Waals surface area contributed by atoms with Gasteiger partial charge in [0.15, 0.2) is 4.84 Å². The van der Waals surface area contributed by atoms with E-state index in [0.29, 0.717) is 15.7 Å². The molecular formula is C9H15Cl4N3O4S3. The number of nitrogens with one attached hydrogen (secondary N) is 1. The Morgan fingerprint density at radius 2 is 1.74 bits per heavy atom. The number of halogens is 4. The minimum atomic E-state index is -4.31. The van der Waals surface area contributed by atoms with E-state index in [4.69, 9.17) is 46.4 Å². The normalized spacial score (nSPS) is 14.3. The van der Waals surface area contributed by atoms with Gasteiger partial charge in [-0.25, -0.2) is 13.1 Å². The van der Waals surface area contributed by atoms with E-state index in [1.165, 1.54) is 13.8 Å². The minimum absolute atomic E-state index is 0.329. The van der Waals surface area contributed by atoms with Gasteiger partial charge in [0.25, 0.3) is 10.2 Å². The van der Waals surface area contributed by atoms with Gasteiger partial charge in [-0.1, -0.05) is 23.2 Å². The molecule has 23 heavy (non-hydrogen) atoms. The van der Waals surface area contributed by atoms with Gasteiger partial charge >= 0.3 is 0 Å². The molecule has 14 heteroatoms. The Hall–Kier alpha value is 0.820. The Morgan fingerprint density at radius 3 is 2.09 bits per heavy atom. The largest absolute Gasteiger partial charge is 0.290 e. The van der Waals surface area contributed by atoms with Crippen LogP contribution in [0.25, 0.3) is 0 Å². The summed E-state index contributed by atoms with van der Waals surface area (Å²) in [6.45, 7) is 2.22. The molecule has 0 aliphatic heterocycles. The van der Waals surface area contributed by atoms with Gasteiger partial charge in [-0.15, -0.1) is 26.9 Å². The third kappa shape index (κ3) is 8.16. The molecule has 0 radical (unpaired) electrons. The molecule has 0 amide bonds. The molecule has 0 aromatic heterocycles. The summed E-state index contributed by atoms with van der Waals surface area (Å²) < 4.78 is 47.6. The summed E-state index contributed by atoms with van der Waals surface area (Å²) in [4.78, 5) is -1.36. The number of nitrogens with zero attached hydrogens (tertiary/aromatic N) is 2. The second kappa shape index (κ2) is 8.47. The lowest BCUT2D eigenvalue weighted by atomic mass is 10.1. The predicted molar refractivity (Wildman–Crippen MR) is 95.7 cm³/mol. The highest BCUT2D eigenvalue weighted by molar-refractivity contribution is 8.10. The number of hydrogen-bond donors (Lipinski definition) is 1.